The molecule has 20 heavy (non-hydrogen) atoms. The maximum atomic E-state index is 11.9. The van der Waals surface area contributed by atoms with E-state index in [1.165, 1.54) is 23.6 Å². The van der Waals surface area contributed by atoms with Crippen LogP contribution >= 0.6 is 0 Å². The highest BCUT2D eigenvalue weighted by Gasteiger charge is 2.29. The molecule has 1 unspecified atom stereocenters. The summed E-state index contributed by atoms with van der Waals surface area (Å²) in [5.41, 5.74) is 7.13. The first-order chi connectivity index (χ1) is 9.74. The van der Waals surface area contributed by atoms with Gasteiger partial charge in [0.25, 0.3) is 0 Å². The second-order valence-electron chi connectivity index (χ2n) is 5.62. The van der Waals surface area contributed by atoms with Gasteiger partial charge >= 0.3 is 0 Å². The van der Waals surface area contributed by atoms with Gasteiger partial charge in [-0.25, -0.2) is 0 Å². The molecule has 1 aliphatic rings. The zero-order chi connectivity index (χ0) is 13.9. The Morgan fingerprint density at radius 2 is 1.95 bits per heavy atom. The molecule has 0 aliphatic heterocycles. The van der Waals surface area contributed by atoms with E-state index in [-0.39, 0.29) is 11.9 Å². The third-order valence-corrected chi connectivity index (χ3v) is 4.00. The Balaban J connectivity index is 1.63. The second kappa shape index (κ2) is 5.63. The summed E-state index contributed by atoms with van der Waals surface area (Å²) in [6.45, 7) is 0.567. The normalized spacial score (nSPS) is 16.1. The molecule has 1 fully saturated rings. The zero-order valence-corrected chi connectivity index (χ0v) is 11.5. The number of carbonyl (C=O) groups is 1. The number of benzene rings is 2. The van der Waals surface area contributed by atoms with Crippen molar-refractivity contribution in [1.82, 2.24) is 5.32 Å². The van der Waals surface area contributed by atoms with Crippen molar-refractivity contribution in [3.05, 3.63) is 48.0 Å². The number of hydrogen-bond donors (Lipinski definition) is 2. The fourth-order valence-corrected chi connectivity index (χ4v) is 2.62. The topological polar surface area (TPSA) is 55.1 Å². The Bertz CT molecular complexity index is 614. The fourth-order valence-electron chi connectivity index (χ4n) is 2.62. The van der Waals surface area contributed by atoms with Gasteiger partial charge in [-0.15, -0.1) is 0 Å². The van der Waals surface area contributed by atoms with E-state index in [9.17, 15) is 4.79 Å². The largest absolute Gasteiger partial charge is 0.352 e. The lowest BCUT2D eigenvalue weighted by Gasteiger charge is -2.11. The van der Waals surface area contributed by atoms with Gasteiger partial charge in [-0.3, -0.25) is 4.79 Å². The van der Waals surface area contributed by atoms with E-state index in [4.69, 9.17) is 5.73 Å². The maximum Gasteiger partial charge on any atom is 0.221 e. The van der Waals surface area contributed by atoms with Crippen molar-refractivity contribution >= 4 is 16.7 Å². The molecule has 0 bridgehead atoms. The lowest BCUT2D eigenvalue weighted by molar-refractivity contribution is -0.121. The van der Waals surface area contributed by atoms with E-state index >= 15 is 0 Å². The van der Waals surface area contributed by atoms with E-state index in [1.807, 2.05) is 18.2 Å². The van der Waals surface area contributed by atoms with E-state index in [0.29, 0.717) is 18.9 Å². The minimum atomic E-state index is 0.0301. The summed E-state index contributed by atoms with van der Waals surface area (Å²) in [7, 11) is 0. The highest BCUT2D eigenvalue weighted by Crippen LogP contribution is 2.32. The predicted molar refractivity (Wildman–Crippen MR) is 81.1 cm³/mol. The molecule has 0 aromatic heterocycles. The highest BCUT2D eigenvalue weighted by molar-refractivity contribution is 5.86. The van der Waals surface area contributed by atoms with Crippen molar-refractivity contribution < 1.29 is 4.79 Å². The van der Waals surface area contributed by atoms with Crippen LogP contribution in [0.2, 0.25) is 0 Å². The molecule has 1 atom stereocenters. The SMILES string of the molecule is NC(CC(=O)NCc1cccc2ccccc12)C1CC1. The molecule has 1 aliphatic carbocycles. The van der Waals surface area contributed by atoms with Gasteiger partial charge in [0.2, 0.25) is 5.91 Å². The van der Waals surface area contributed by atoms with Gasteiger partial charge in [0.1, 0.15) is 0 Å². The van der Waals surface area contributed by atoms with Gasteiger partial charge in [-0.2, -0.15) is 0 Å². The summed E-state index contributed by atoms with van der Waals surface area (Å²) in [5, 5.41) is 5.38. The molecular weight excluding hydrogens is 248 g/mol. The standard InChI is InChI=1S/C17H20N2O/c18-16(13-8-9-13)10-17(20)19-11-14-6-3-5-12-4-1-2-7-15(12)14/h1-7,13,16H,8-11,18H2,(H,19,20). The molecule has 3 heteroatoms. The van der Waals surface area contributed by atoms with E-state index < -0.39 is 0 Å². The number of nitrogens with two attached hydrogens (primary N) is 1. The fraction of sp³-hybridized carbons (Fsp3) is 0.353. The molecule has 1 saturated carbocycles. The molecular formula is C17H20N2O. The molecule has 0 radical (unpaired) electrons. The molecule has 3 nitrogen and oxygen atoms in total. The maximum absolute atomic E-state index is 11.9. The van der Waals surface area contributed by atoms with Crippen molar-refractivity contribution in [1.29, 1.82) is 0 Å². The molecule has 2 aromatic rings. The predicted octanol–water partition coefficient (Wildman–Crippen LogP) is 2.58. The third kappa shape index (κ3) is 2.99. The van der Waals surface area contributed by atoms with Crippen LogP contribution in [0.3, 0.4) is 0 Å². The van der Waals surface area contributed by atoms with Crippen LogP contribution in [-0.2, 0) is 11.3 Å². The van der Waals surface area contributed by atoms with Gasteiger partial charge in [0.15, 0.2) is 0 Å². The van der Waals surface area contributed by atoms with Crippen LogP contribution in [-0.4, -0.2) is 11.9 Å². The van der Waals surface area contributed by atoms with Crippen LogP contribution in [0, 0.1) is 5.92 Å². The zero-order valence-electron chi connectivity index (χ0n) is 11.5. The van der Waals surface area contributed by atoms with Crippen molar-refractivity contribution in [2.45, 2.75) is 31.8 Å². The Hall–Kier alpha value is -1.87. The summed E-state index contributed by atoms with van der Waals surface area (Å²) in [6.07, 6.45) is 2.80. The van der Waals surface area contributed by atoms with E-state index in [2.05, 4.69) is 29.6 Å². The van der Waals surface area contributed by atoms with Gasteiger partial charge in [0, 0.05) is 19.0 Å². The van der Waals surface area contributed by atoms with Crippen LogP contribution < -0.4 is 11.1 Å². The summed E-state index contributed by atoms with van der Waals surface area (Å²) < 4.78 is 0. The smallest absolute Gasteiger partial charge is 0.221 e. The van der Waals surface area contributed by atoms with Crippen LogP contribution in [0.5, 0.6) is 0 Å². The molecule has 3 N–H and O–H groups in total. The number of carbonyl (C=O) groups excluding carboxylic acids is 1. The first-order valence-electron chi connectivity index (χ1n) is 7.23. The van der Waals surface area contributed by atoms with Crippen molar-refractivity contribution in [2.75, 3.05) is 0 Å². The number of hydrogen-bond acceptors (Lipinski definition) is 2. The lowest BCUT2D eigenvalue weighted by Crippen LogP contribution is -2.32. The average molecular weight is 268 g/mol. The Morgan fingerprint density at radius 3 is 2.75 bits per heavy atom. The second-order valence-corrected chi connectivity index (χ2v) is 5.62. The molecule has 0 spiro atoms. The van der Waals surface area contributed by atoms with Gasteiger partial charge < -0.3 is 11.1 Å². The van der Waals surface area contributed by atoms with Gasteiger partial charge in [-0.1, -0.05) is 42.5 Å². The Morgan fingerprint density at radius 1 is 1.20 bits per heavy atom. The lowest BCUT2D eigenvalue weighted by atomic mass is 10.0. The monoisotopic (exact) mass is 268 g/mol. The number of rotatable bonds is 5. The third-order valence-electron chi connectivity index (χ3n) is 4.00. The quantitative estimate of drug-likeness (QED) is 0.875. The average Bonchev–Trinajstić information content (AvgIpc) is 3.29. The molecule has 2 aromatic carbocycles. The summed E-state index contributed by atoms with van der Waals surface area (Å²) in [4.78, 5) is 11.9. The molecule has 104 valence electrons. The molecule has 1 amide bonds. The molecule has 3 rings (SSSR count). The highest BCUT2D eigenvalue weighted by atomic mass is 16.1. The number of nitrogens with one attached hydrogen (secondary N) is 1. The van der Waals surface area contributed by atoms with E-state index in [1.54, 1.807) is 0 Å². The summed E-state index contributed by atoms with van der Waals surface area (Å²) in [6, 6.07) is 14.4. The van der Waals surface area contributed by atoms with Crippen molar-refractivity contribution in [2.24, 2.45) is 11.7 Å². The summed E-state index contributed by atoms with van der Waals surface area (Å²) in [5.74, 6) is 0.621. The van der Waals surface area contributed by atoms with Crippen LogP contribution in [0.4, 0.5) is 0 Å². The van der Waals surface area contributed by atoms with Crippen LogP contribution in [0.15, 0.2) is 42.5 Å². The molecule has 0 saturated heterocycles. The minimum absolute atomic E-state index is 0.0301. The van der Waals surface area contributed by atoms with Crippen LogP contribution in [0.25, 0.3) is 10.8 Å². The number of fused-ring (bicyclic) bond motifs is 1. The summed E-state index contributed by atoms with van der Waals surface area (Å²) >= 11 is 0. The Kier molecular flexibility index (Phi) is 3.70. The van der Waals surface area contributed by atoms with E-state index in [0.717, 1.165) is 5.56 Å². The first-order valence-corrected chi connectivity index (χ1v) is 7.23. The van der Waals surface area contributed by atoms with Crippen molar-refractivity contribution in [3.63, 3.8) is 0 Å². The molecule has 0 heterocycles. The first kappa shape index (κ1) is 13.1. The van der Waals surface area contributed by atoms with Crippen LogP contribution in [0.1, 0.15) is 24.8 Å². The number of amides is 1. The Labute approximate surface area is 119 Å². The van der Waals surface area contributed by atoms with Gasteiger partial charge in [-0.05, 0) is 35.1 Å². The van der Waals surface area contributed by atoms with Gasteiger partial charge in [0.05, 0.1) is 0 Å². The van der Waals surface area contributed by atoms with Crippen molar-refractivity contribution in [3.8, 4) is 0 Å². The minimum Gasteiger partial charge on any atom is -0.352 e.